The number of carbonyl (C=O) groups is 1. The maximum atomic E-state index is 12.1. The molecule has 0 spiro atoms. The molecule has 2 aliphatic rings. The first-order valence-electron chi connectivity index (χ1n) is 7.75. The van der Waals surface area contributed by atoms with E-state index in [1.165, 1.54) is 11.8 Å². The van der Waals surface area contributed by atoms with E-state index in [-0.39, 0.29) is 12.7 Å². The Bertz CT molecular complexity index is 1020. The van der Waals surface area contributed by atoms with Crippen molar-refractivity contribution in [3.63, 3.8) is 0 Å². The zero-order valence-electron chi connectivity index (χ0n) is 13.6. The molecule has 1 fully saturated rings. The van der Waals surface area contributed by atoms with E-state index in [0.29, 0.717) is 37.2 Å². The molecule has 0 atom stereocenters. The number of carbonyl (C=O) groups excluding carboxylic acids is 1. The van der Waals surface area contributed by atoms with Gasteiger partial charge in [-0.3, -0.25) is 10.1 Å². The van der Waals surface area contributed by atoms with Crippen molar-refractivity contribution in [1.82, 2.24) is 5.32 Å². The smallest absolute Gasteiger partial charge is 0.264 e. The molecular weight excluding hydrogens is 409 g/mol. The van der Waals surface area contributed by atoms with Crippen LogP contribution in [0.1, 0.15) is 11.1 Å². The molecular formula is C18H11Cl2N3O3S. The van der Waals surface area contributed by atoms with Crippen LogP contribution < -0.4 is 14.8 Å². The van der Waals surface area contributed by atoms with Gasteiger partial charge in [0, 0.05) is 10.0 Å². The summed E-state index contributed by atoms with van der Waals surface area (Å²) in [5.41, 5.74) is 1.51. The van der Waals surface area contributed by atoms with Gasteiger partial charge in [-0.1, -0.05) is 29.3 Å². The highest BCUT2D eigenvalue weighted by Gasteiger charge is 2.24. The van der Waals surface area contributed by atoms with Crippen molar-refractivity contribution in [1.29, 1.82) is 0 Å². The second-order valence-electron chi connectivity index (χ2n) is 5.49. The molecule has 27 heavy (non-hydrogen) atoms. The van der Waals surface area contributed by atoms with E-state index in [1.807, 2.05) is 6.07 Å². The Morgan fingerprint density at radius 1 is 1.11 bits per heavy atom. The first kappa shape index (κ1) is 17.9. The molecule has 1 saturated heterocycles. The molecule has 2 aromatic rings. The molecule has 0 radical (unpaired) electrons. The number of rotatable bonds is 3. The maximum absolute atomic E-state index is 12.1. The van der Waals surface area contributed by atoms with Crippen LogP contribution in [0.3, 0.4) is 0 Å². The Labute approximate surface area is 168 Å². The average Bonchev–Trinajstić information content (AvgIpc) is 3.23. The molecule has 0 unspecified atom stereocenters. The molecule has 1 N–H and O–H groups in total. The molecule has 6 nitrogen and oxygen atoms in total. The quantitative estimate of drug-likeness (QED) is 0.456. The van der Waals surface area contributed by atoms with Crippen molar-refractivity contribution in [2.75, 3.05) is 6.79 Å². The van der Waals surface area contributed by atoms with Crippen LogP contribution in [-0.4, -0.2) is 24.1 Å². The van der Waals surface area contributed by atoms with Gasteiger partial charge in [0.25, 0.3) is 5.91 Å². The predicted octanol–water partition coefficient (Wildman–Crippen LogP) is 4.32. The van der Waals surface area contributed by atoms with Gasteiger partial charge in [0.2, 0.25) is 6.79 Å². The number of nitrogens with one attached hydrogen (secondary N) is 1. The van der Waals surface area contributed by atoms with E-state index in [9.17, 15) is 4.79 Å². The monoisotopic (exact) mass is 419 g/mol. The summed E-state index contributed by atoms with van der Waals surface area (Å²) in [5, 5.41) is 12.1. The van der Waals surface area contributed by atoms with Gasteiger partial charge in [0.15, 0.2) is 16.7 Å². The lowest BCUT2D eigenvalue weighted by Crippen LogP contribution is -2.19. The van der Waals surface area contributed by atoms with Gasteiger partial charge in [0.05, 0.1) is 11.1 Å². The van der Waals surface area contributed by atoms with Crippen LogP contribution in [0, 0.1) is 0 Å². The first-order chi connectivity index (χ1) is 13.1. The zero-order valence-corrected chi connectivity index (χ0v) is 15.9. The SMILES string of the molecule is O=C1N/C(=N\N=Cc2ccc3c(c2)OCO3)SC1=Cc1ccc(Cl)cc1Cl. The lowest BCUT2D eigenvalue weighted by Gasteiger charge is -1.99. The largest absolute Gasteiger partial charge is 0.454 e. The second-order valence-corrected chi connectivity index (χ2v) is 7.37. The Kier molecular flexibility index (Phi) is 5.07. The summed E-state index contributed by atoms with van der Waals surface area (Å²) in [6.45, 7) is 0.216. The fourth-order valence-electron chi connectivity index (χ4n) is 2.38. The summed E-state index contributed by atoms with van der Waals surface area (Å²) < 4.78 is 10.6. The van der Waals surface area contributed by atoms with E-state index in [2.05, 4.69) is 15.5 Å². The number of fused-ring (bicyclic) bond motifs is 1. The summed E-state index contributed by atoms with van der Waals surface area (Å²) >= 11 is 13.2. The van der Waals surface area contributed by atoms with E-state index >= 15 is 0 Å². The molecule has 0 aliphatic carbocycles. The van der Waals surface area contributed by atoms with E-state index in [4.69, 9.17) is 32.7 Å². The summed E-state index contributed by atoms with van der Waals surface area (Å²) in [7, 11) is 0. The molecule has 0 bridgehead atoms. The number of nitrogens with zero attached hydrogens (tertiary/aromatic N) is 2. The second kappa shape index (κ2) is 7.64. The number of hydrogen-bond donors (Lipinski definition) is 1. The minimum absolute atomic E-state index is 0.216. The van der Waals surface area contributed by atoms with Gasteiger partial charge in [-0.25, -0.2) is 0 Å². The number of hydrogen-bond acceptors (Lipinski definition) is 6. The molecule has 136 valence electrons. The number of halogens is 2. The van der Waals surface area contributed by atoms with E-state index < -0.39 is 0 Å². The number of ether oxygens (including phenoxy) is 2. The highest BCUT2D eigenvalue weighted by atomic mass is 35.5. The number of thioether (sulfide) groups is 1. The van der Waals surface area contributed by atoms with Crippen LogP contribution in [0.5, 0.6) is 11.5 Å². The number of benzene rings is 2. The first-order valence-corrected chi connectivity index (χ1v) is 9.32. The van der Waals surface area contributed by atoms with Crippen molar-refractivity contribution in [2.45, 2.75) is 0 Å². The molecule has 0 aromatic heterocycles. The Morgan fingerprint density at radius 2 is 1.96 bits per heavy atom. The van der Waals surface area contributed by atoms with Gasteiger partial charge in [-0.15, -0.1) is 5.10 Å². The van der Waals surface area contributed by atoms with E-state index in [1.54, 1.807) is 42.6 Å². The third kappa shape index (κ3) is 4.10. The van der Waals surface area contributed by atoms with Crippen molar-refractivity contribution < 1.29 is 14.3 Å². The molecule has 4 rings (SSSR count). The summed E-state index contributed by atoms with van der Waals surface area (Å²) in [4.78, 5) is 12.6. The van der Waals surface area contributed by atoms with Crippen molar-refractivity contribution in [3.8, 4) is 11.5 Å². The molecule has 9 heteroatoms. The lowest BCUT2D eigenvalue weighted by molar-refractivity contribution is -0.115. The maximum Gasteiger partial charge on any atom is 0.264 e. The minimum Gasteiger partial charge on any atom is -0.454 e. The van der Waals surface area contributed by atoms with Gasteiger partial charge in [0.1, 0.15) is 0 Å². The number of amides is 1. The van der Waals surface area contributed by atoms with Crippen LogP contribution in [0.15, 0.2) is 51.5 Å². The fraction of sp³-hybridized carbons (Fsp3) is 0.0556. The average molecular weight is 420 g/mol. The Morgan fingerprint density at radius 3 is 2.81 bits per heavy atom. The topological polar surface area (TPSA) is 72.3 Å². The van der Waals surface area contributed by atoms with Crippen molar-refractivity contribution in [3.05, 3.63) is 62.5 Å². The van der Waals surface area contributed by atoms with Gasteiger partial charge in [-0.05, 0) is 59.3 Å². The zero-order chi connectivity index (χ0) is 18.8. The highest BCUT2D eigenvalue weighted by molar-refractivity contribution is 8.18. The minimum atomic E-state index is -0.261. The Hall–Kier alpha value is -2.48. The standard InChI is InChI=1S/C18H11Cl2N3O3S/c19-12-3-2-11(13(20)7-12)6-16-17(24)22-18(27-16)23-21-8-10-1-4-14-15(5-10)26-9-25-14/h1-8H,9H2,(H,22,23,24). The van der Waals surface area contributed by atoms with Crippen LogP contribution in [0.4, 0.5) is 0 Å². The van der Waals surface area contributed by atoms with Gasteiger partial charge < -0.3 is 9.47 Å². The van der Waals surface area contributed by atoms with Crippen molar-refractivity contribution >= 4 is 58.3 Å². The van der Waals surface area contributed by atoms with Crippen LogP contribution in [-0.2, 0) is 4.79 Å². The highest BCUT2D eigenvalue weighted by Crippen LogP contribution is 2.32. The third-order valence-corrected chi connectivity index (χ3v) is 5.11. The van der Waals surface area contributed by atoms with E-state index in [0.717, 1.165) is 5.56 Å². The third-order valence-electron chi connectivity index (χ3n) is 3.65. The van der Waals surface area contributed by atoms with Gasteiger partial charge >= 0.3 is 0 Å². The molecule has 2 heterocycles. The summed E-state index contributed by atoms with van der Waals surface area (Å²) in [6.07, 6.45) is 3.25. The molecule has 2 aromatic carbocycles. The van der Waals surface area contributed by atoms with Crippen LogP contribution in [0.25, 0.3) is 6.08 Å². The summed E-state index contributed by atoms with van der Waals surface area (Å²) in [5.74, 6) is 1.11. The predicted molar refractivity (Wildman–Crippen MR) is 108 cm³/mol. The van der Waals surface area contributed by atoms with Crippen LogP contribution in [0.2, 0.25) is 10.0 Å². The fourth-order valence-corrected chi connectivity index (χ4v) is 3.61. The van der Waals surface area contributed by atoms with Crippen LogP contribution >= 0.6 is 35.0 Å². The number of amidine groups is 1. The normalized spacial score (nSPS) is 18.7. The molecule has 1 amide bonds. The van der Waals surface area contributed by atoms with Crippen molar-refractivity contribution in [2.24, 2.45) is 10.2 Å². The molecule has 0 saturated carbocycles. The summed E-state index contributed by atoms with van der Waals surface area (Å²) in [6, 6.07) is 10.5. The van der Waals surface area contributed by atoms with Gasteiger partial charge in [-0.2, -0.15) is 5.10 Å². The molecule has 2 aliphatic heterocycles. The Balaban J connectivity index is 1.47. The lowest BCUT2D eigenvalue weighted by atomic mass is 10.2.